The Hall–Kier alpha value is -1.79. The molecule has 0 N–H and O–H groups in total. The summed E-state index contributed by atoms with van der Waals surface area (Å²) >= 11 is 11.4. The van der Waals surface area contributed by atoms with E-state index in [0.29, 0.717) is 17.2 Å². The van der Waals surface area contributed by atoms with E-state index in [2.05, 4.69) is 15.2 Å². The summed E-state index contributed by atoms with van der Waals surface area (Å²) in [5.74, 6) is 1.82. The van der Waals surface area contributed by atoms with Crippen molar-refractivity contribution in [1.82, 2.24) is 15.2 Å². The monoisotopic (exact) mass is 285 g/mol. The standard InChI is InChI=1S/C10H5Cl2N3O3/c11-8-9(13-10(12)15-14-8)18-5-1-2-6-7(3-5)17-4-16-6/h1-3H,4H2. The van der Waals surface area contributed by atoms with Crippen LogP contribution in [0.4, 0.5) is 0 Å². The van der Waals surface area contributed by atoms with Crippen LogP contribution in [-0.2, 0) is 0 Å². The van der Waals surface area contributed by atoms with Crippen LogP contribution in [0.3, 0.4) is 0 Å². The predicted octanol–water partition coefficient (Wildman–Crippen LogP) is 2.70. The lowest BCUT2D eigenvalue weighted by Crippen LogP contribution is -1.94. The number of ether oxygens (including phenoxy) is 3. The SMILES string of the molecule is Clc1nnc(Cl)c(Oc2ccc3c(c2)OCO3)n1. The molecule has 92 valence electrons. The van der Waals surface area contributed by atoms with Crippen molar-refractivity contribution in [3.8, 4) is 23.1 Å². The molecule has 1 aliphatic rings. The van der Waals surface area contributed by atoms with Gasteiger partial charge in [0.1, 0.15) is 5.75 Å². The lowest BCUT2D eigenvalue weighted by molar-refractivity contribution is 0.174. The first kappa shape index (κ1) is 11.3. The number of halogens is 2. The van der Waals surface area contributed by atoms with E-state index in [1.54, 1.807) is 18.2 Å². The molecule has 0 aliphatic carbocycles. The number of rotatable bonds is 2. The molecule has 1 aliphatic heterocycles. The minimum absolute atomic E-state index is 0.0251. The van der Waals surface area contributed by atoms with E-state index in [0.717, 1.165) is 0 Å². The molecule has 0 unspecified atom stereocenters. The number of fused-ring (bicyclic) bond motifs is 1. The number of hydrogen-bond donors (Lipinski definition) is 0. The van der Waals surface area contributed by atoms with Gasteiger partial charge in [-0.3, -0.25) is 0 Å². The molecular formula is C10H5Cl2N3O3. The van der Waals surface area contributed by atoms with Crippen LogP contribution in [0.1, 0.15) is 0 Å². The summed E-state index contributed by atoms with van der Waals surface area (Å²) < 4.78 is 15.9. The van der Waals surface area contributed by atoms with Crippen LogP contribution < -0.4 is 14.2 Å². The van der Waals surface area contributed by atoms with Crippen molar-refractivity contribution in [1.29, 1.82) is 0 Å². The third-order valence-corrected chi connectivity index (χ3v) is 2.55. The van der Waals surface area contributed by atoms with Gasteiger partial charge in [-0.05, 0) is 23.7 Å². The van der Waals surface area contributed by atoms with Gasteiger partial charge in [-0.2, -0.15) is 4.98 Å². The molecule has 1 aromatic heterocycles. The largest absolute Gasteiger partial charge is 0.454 e. The molecule has 0 amide bonds. The van der Waals surface area contributed by atoms with Crippen LogP contribution in [0.25, 0.3) is 0 Å². The van der Waals surface area contributed by atoms with Crippen LogP contribution in [0, 0.1) is 0 Å². The number of nitrogens with zero attached hydrogens (tertiary/aromatic N) is 3. The topological polar surface area (TPSA) is 66.4 Å². The molecule has 0 saturated carbocycles. The van der Waals surface area contributed by atoms with E-state index in [9.17, 15) is 0 Å². The smallest absolute Gasteiger partial charge is 0.262 e. The molecular weight excluding hydrogens is 281 g/mol. The second-order valence-electron chi connectivity index (χ2n) is 3.29. The van der Waals surface area contributed by atoms with E-state index < -0.39 is 0 Å². The van der Waals surface area contributed by atoms with Crippen LogP contribution in [0.15, 0.2) is 18.2 Å². The van der Waals surface area contributed by atoms with Gasteiger partial charge < -0.3 is 14.2 Å². The molecule has 2 aromatic rings. The highest BCUT2D eigenvalue weighted by atomic mass is 35.5. The average Bonchev–Trinajstić information content (AvgIpc) is 2.81. The maximum Gasteiger partial charge on any atom is 0.262 e. The molecule has 2 heterocycles. The summed E-state index contributed by atoms with van der Waals surface area (Å²) in [7, 11) is 0. The van der Waals surface area contributed by atoms with Crippen LogP contribution in [0.2, 0.25) is 10.4 Å². The first-order valence-corrected chi connectivity index (χ1v) is 5.61. The zero-order valence-corrected chi connectivity index (χ0v) is 10.3. The second-order valence-corrected chi connectivity index (χ2v) is 3.99. The second kappa shape index (κ2) is 4.47. The zero-order valence-electron chi connectivity index (χ0n) is 8.76. The van der Waals surface area contributed by atoms with Gasteiger partial charge in [0, 0.05) is 6.07 Å². The van der Waals surface area contributed by atoms with Gasteiger partial charge >= 0.3 is 0 Å². The van der Waals surface area contributed by atoms with Crippen LogP contribution >= 0.6 is 23.2 Å². The third kappa shape index (κ3) is 2.12. The first-order chi connectivity index (χ1) is 8.72. The Labute approximate surface area is 111 Å². The summed E-state index contributed by atoms with van der Waals surface area (Å²) in [4.78, 5) is 3.83. The Morgan fingerprint density at radius 3 is 2.83 bits per heavy atom. The van der Waals surface area contributed by atoms with Crippen molar-refractivity contribution in [2.24, 2.45) is 0 Å². The molecule has 3 rings (SSSR count). The average molecular weight is 286 g/mol. The summed E-state index contributed by atoms with van der Waals surface area (Å²) in [5.41, 5.74) is 0. The van der Waals surface area contributed by atoms with Gasteiger partial charge in [0.05, 0.1) is 0 Å². The molecule has 0 atom stereocenters. The fourth-order valence-corrected chi connectivity index (χ4v) is 1.63. The number of benzene rings is 1. The molecule has 1 aromatic carbocycles. The molecule has 8 heteroatoms. The van der Waals surface area contributed by atoms with Gasteiger partial charge in [0.2, 0.25) is 17.2 Å². The van der Waals surface area contributed by atoms with Gasteiger partial charge in [0.15, 0.2) is 11.5 Å². The van der Waals surface area contributed by atoms with Gasteiger partial charge in [0.25, 0.3) is 5.88 Å². The molecule has 0 bridgehead atoms. The third-order valence-electron chi connectivity index (χ3n) is 2.15. The van der Waals surface area contributed by atoms with E-state index >= 15 is 0 Å². The molecule has 0 spiro atoms. The summed E-state index contributed by atoms with van der Waals surface area (Å²) in [6, 6.07) is 5.08. The van der Waals surface area contributed by atoms with E-state index in [1.165, 1.54) is 0 Å². The van der Waals surface area contributed by atoms with Crippen molar-refractivity contribution in [3.05, 3.63) is 28.6 Å². The molecule has 0 fully saturated rings. The Morgan fingerprint density at radius 2 is 1.94 bits per heavy atom. The van der Waals surface area contributed by atoms with E-state index in [4.69, 9.17) is 37.4 Å². The fraction of sp³-hybridized carbons (Fsp3) is 0.100. The number of aromatic nitrogens is 3. The van der Waals surface area contributed by atoms with E-state index in [1.807, 2.05) is 0 Å². The van der Waals surface area contributed by atoms with E-state index in [-0.39, 0.29) is 23.1 Å². The van der Waals surface area contributed by atoms with Gasteiger partial charge in [-0.25, -0.2) is 0 Å². The maximum atomic E-state index is 5.79. The van der Waals surface area contributed by atoms with Crippen molar-refractivity contribution < 1.29 is 14.2 Å². The lowest BCUT2D eigenvalue weighted by atomic mass is 10.3. The Bertz CT molecular complexity index is 609. The van der Waals surface area contributed by atoms with Crippen molar-refractivity contribution in [3.63, 3.8) is 0 Å². The quantitative estimate of drug-likeness (QED) is 0.845. The minimum Gasteiger partial charge on any atom is -0.454 e. The van der Waals surface area contributed by atoms with Crippen molar-refractivity contribution in [2.75, 3.05) is 6.79 Å². The molecule has 6 nitrogen and oxygen atoms in total. The fourth-order valence-electron chi connectivity index (χ4n) is 1.40. The summed E-state index contributed by atoms with van der Waals surface area (Å²) in [5, 5.41) is 7.05. The lowest BCUT2D eigenvalue weighted by Gasteiger charge is -2.06. The van der Waals surface area contributed by atoms with Crippen LogP contribution in [0.5, 0.6) is 23.1 Å². The van der Waals surface area contributed by atoms with Crippen molar-refractivity contribution in [2.45, 2.75) is 0 Å². The molecule has 0 radical (unpaired) electrons. The highest BCUT2D eigenvalue weighted by Gasteiger charge is 2.15. The summed E-state index contributed by atoms with van der Waals surface area (Å²) in [6.07, 6.45) is 0. The molecule has 0 saturated heterocycles. The zero-order chi connectivity index (χ0) is 12.5. The normalized spacial score (nSPS) is 12.6. The minimum atomic E-state index is -0.0462. The first-order valence-electron chi connectivity index (χ1n) is 4.85. The Morgan fingerprint density at radius 1 is 1.11 bits per heavy atom. The number of hydrogen-bond acceptors (Lipinski definition) is 6. The predicted molar refractivity (Wildman–Crippen MR) is 62.5 cm³/mol. The van der Waals surface area contributed by atoms with Gasteiger partial charge in [-0.15, -0.1) is 10.2 Å². The Kier molecular flexibility index (Phi) is 2.81. The van der Waals surface area contributed by atoms with Crippen LogP contribution in [-0.4, -0.2) is 22.0 Å². The Balaban J connectivity index is 1.90. The summed E-state index contributed by atoms with van der Waals surface area (Å²) in [6.45, 7) is 0.195. The van der Waals surface area contributed by atoms with Gasteiger partial charge in [-0.1, -0.05) is 11.6 Å². The van der Waals surface area contributed by atoms with Crippen molar-refractivity contribution >= 4 is 23.2 Å². The highest BCUT2D eigenvalue weighted by Crippen LogP contribution is 2.37. The highest BCUT2D eigenvalue weighted by molar-refractivity contribution is 6.31. The maximum absolute atomic E-state index is 5.79. The molecule has 18 heavy (non-hydrogen) atoms.